The fraction of sp³-hybridized carbons (Fsp3) is 0.353. The van der Waals surface area contributed by atoms with Gasteiger partial charge in [-0.05, 0) is 35.4 Å². The minimum atomic E-state index is -0.126. The van der Waals surface area contributed by atoms with Crippen molar-refractivity contribution in [1.29, 1.82) is 0 Å². The fourth-order valence-electron chi connectivity index (χ4n) is 2.27. The molecular weight excluding hydrogens is 282 g/mol. The number of carbonyl (C=O) groups excluding carboxylic acids is 1. The van der Waals surface area contributed by atoms with Crippen LogP contribution in [0.2, 0.25) is 0 Å². The third-order valence-corrected chi connectivity index (χ3v) is 3.40. The second-order valence-corrected chi connectivity index (χ2v) is 4.90. The summed E-state index contributed by atoms with van der Waals surface area (Å²) in [6.07, 6.45) is 1.23. The number of hydrogen-bond donors (Lipinski definition) is 1. The molecule has 0 bridgehead atoms. The number of benzene rings is 2. The first-order chi connectivity index (χ1) is 10.7. The SMILES string of the molecule is CCCC(=O)NOCc1c(OC)ccc2ccc(OC)cc12. The smallest absolute Gasteiger partial charge is 0.243 e. The average Bonchev–Trinajstić information content (AvgIpc) is 2.54. The Labute approximate surface area is 130 Å². The molecular formula is C17H21NO4. The Kier molecular flexibility index (Phi) is 5.61. The Balaban J connectivity index is 2.26. The summed E-state index contributed by atoms with van der Waals surface area (Å²) in [6, 6.07) is 9.69. The predicted octanol–water partition coefficient (Wildman–Crippen LogP) is 3.20. The van der Waals surface area contributed by atoms with Crippen molar-refractivity contribution < 1.29 is 19.1 Å². The van der Waals surface area contributed by atoms with E-state index < -0.39 is 0 Å². The zero-order chi connectivity index (χ0) is 15.9. The molecule has 0 heterocycles. The van der Waals surface area contributed by atoms with Crippen molar-refractivity contribution in [3.63, 3.8) is 0 Å². The number of nitrogens with one attached hydrogen (secondary N) is 1. The topological polar surface area (TPSA) is 56.8 Å². The third kappa shape index (κ3) is 3.68. The van der Waals surface area contributed by atoms with Gasteiger partial charge >= 0.3 is 0 Å². The highest BCUT2D eigenvalue weighted by Gasteiger charge is 2.10. The molecule has 0 fully saturated rings. The first-order valence-electron chi connectivity index (χ1n) is 7.23. The lowest BCUT2D eigenvalue weighted by Gasteiger charge is -2.13. The largest absolute Gasteiger partial charge is 0.497 e. The molecule has 5 heteroatoms. The molecule has 0 atom stereocenters. The van der Waals surface area contributed by atoms with E-state index in [0.717, 1.165) is 28.5 Å². The van der Waals surface area contributed by atoms with E-state index in [2.05, 4.69) is 5.48 Å². The number of amides is 1. The van der Waals surface area contributed by atoms with Crippen molar-refractivity contribution >= 4 is 16.7 Å². The Morgan fingerprint density at radius 3 is 2.59 bits per heavy atom. The normalized spacial score (nSPS) is 10.5. The number of ether oxygens (including phenoxy) is 2. The molecule has 0 aliphatic heterocycles. The van der Waals surface area contributed by atoms with Crippen LogP contribution in [-0.4, -0.2) is 20.1 Å². The molecule has 22 heavy (non-hydrogen) atoms. The highest BCUT2D eigenvalue weighted by atomic mass is 16.7. The number of hydrogen-bond acceptors (Lipinski definition) is 4. The molecule has 2 rings (SSSR count). The molecule has 0 aliphatic carbocycles. The van der Waals surface area contributed by atoms with Crippen LogP contribution >= 0.6 is 0 Å². The van der Waals surface area contributed by atoms with Gasteiger partial charge in [0.15, 0.2) is 0 Å². The lowest BCUT2D eigenvalue weighted by Crippen LogP contribution is -2.23. The van der Waals surface area contributed by atoms with Gasteiger partial charge in [-0.1, -0.05) is 19.1 Å². The lowest BCUT2D eigenvalue weighted by atomic mass is 10.0. The van der Waals surface area contributed by atoms with Crippen LogP contribution in [0.15, 0.2) is 30.3 Å². The zero-order valence-corrected chi connectivity index (χ0v) is 13.1. The summed E-state index contributed by atoms with van der Waals surface area (Å²) in [5.74, 6) is 1.35. The standard InChI is InChI=1S/C17H21NO4/c1-4-5-17(19)18-22-11-15-14-10-13(20-2)8-6-12(14)7-9-16(15)21-3/h6-10H,4-5,11H2,1-3H3,(H,18,19). The van der Waals surface area contributed by atoms with E-state index in [1.807, 2.05) is 37.3 Å². The number of hydroxylamine groups is 1. The van der Waals surface area contributed by atoms with Crippen molar-refractivity contribution in [2.24, 2.45) is 0 Å². The molecule has 1 amide bonds. The second kappa shape index (κ2) is 7.66. The number of carbonyl (C=O) groups is 1. The Morgan fingerprint density at radius 2 is 1.91 bits per heavy atom. The molecule has 5 nitrogen and oxygen atoms in total. The molecule has 0 aromatic heterocycles. The Morgan fingerprint density at radius 1 is 1.14 bits per heavy atom. The summed E-state index contributed by atoms with van der Waals surface area (Å²) in [4.78, 5) is 16.8. The van der Waals surface area contributed by atoms with Crippen LogP contribution < -0.4 is 15.0 Å². The summed E-state index contributed by atoms with van der Waals surface area (Å²) in [7, 11) is 3.24. The van der Waals surface area contributed by atoms with Gasteiger partial charge in [-0.25, -0.2) is 5.48 Å². The van der Waals surface area contributed by atoms with Crippen LogP contribution in [0.1, 0.15) is 25.3 Å². The van der Waals surface area contributed by atoms with E-state index in [4.69, 9.17) is 14.3 Å². The molecule has 0 radical (unpaired) electrons. The Bertz CT molecular complexity index is 649. The average molecular weight is 303 g/mol. The summed E-state index contributed by atoms with van der Waals surface area (Å²) in [6.45, 7) is 2.17. The number of rotatable bonds is 7. The lowest BCUT2D eigenvalue weighted by molar-refractivity contribution is -0.134. The first kappa shape index (κ1) is 16.1. The van der Waals surface area contributed by atoms with E-state index >= 15 is 0 Å². The van der Waals surface area contributed by atoms with Gasteiger partial charge in [-0.3, -0.25) is 9.63 Å². The van der Waals surface area contributed by atoms with Crippen molar-refractivity contribution in [3.8, 4) is 11.5 Å². The summed E-state index contributed by atoms with van der Waals surface area (Å²) in [5.41, 5.74) is 3.32. The van der Waals surface area contributed by atoms with E-state index in [1.165, 1.54) is 0 Å². The molecule has 2 aromatic carbocycles. The molecule has 1 N–H and O–H groups in total. The van der Waals surface area contributed by atoms with Gasteiger partial charge in [0.2, 0.25) is 5.91 Å². The highest BCUT2D eigenvalue weighted by Crippen LogP contribution is 2.31. The van der Waals surface area contributed by atoms with Gasteiger partial charge in [-0.2, -0.15) is 0 Å². The van der Waals surface area contributed by atoms with Crippen LogP contribution in [0.4, 0.5) is 0 Å². The first-order valence-corrected chi connectivity index (χ1v) is 7.23. The number of fused-ring (bicyclic) bond motifs is 1. The third-order valence-electron chi connectivity index (χ3n) is 3.40. The summed E-state index contributed by atoms with van der Waals surface area (Å²) in [5, 5.41) is 2.03. The minimum Gasteiger partial charge on any atom is -0.497 e. The van der Waals surface area contributed by atoms with Crippen LogP contribution in [0.25, 0.3) is 10.8 Å². The van der Waals surface area contributed by atoms with E-state index in [9.17, 15) is 4.79 Å². The maximum absolute atomic E-state index is 11.5. The van der Waals surface area contributed by atoms with Gasteiger partial charge in [0.25, 0.3) is 0 Å². The summed E-state index contributed by atoms with van der Waals surface area (Å²) >= 11 is 0. The van der Waals surface area contributed by atoms with Crippen molar-refractivity contribution in [3.05, 3.63) is 35.9 Å². The molecule has 0 saturated heterocycles. The molecule has 0 spiro atoms. The highest BCUT2D eigenvalue weighted by molar-refractivity contribution is 5.89. The van der Waals surface area contributed by atoms with Crippen LogP contribution in [-0.2, 0) is 16.2 Å². The van der Waals surface area contributed by atoms with Gasteiger partial charge in [0.1, 0.15) is 18.1 Å². The zero-order valence-electron chi connectivity index (χ0n) is 13.1. The fourth-order valence-corrected chi connectivity index (χ4v) is 2.27. The molecule has 118 valence electrons. The molecule has 0 aliphatic rings. The van der Waals surface area contributed by atoms with Gasteiger partial charge < -0.3 is 9.47 Å². The monoisotopic (exact) mass is 303 g/mol. The Hall–Kier alpha value is -2.27. The van der Waals surface area contributed by atoms with Crippen molar-refractivity contribution in [2.45, 2.75) is 26.4 Å². The molecule has 0 saturated carbocycles. The maximum Gasteiger partial charge on any atom is 0.243 e. The van der Waals surface area contributed by atoms with Gasteiger partial charge in [0.05, 0.1) is 14.2 Å². The minimum absolute atomic E-state index is 0.126. The summed E-state index contributed by atoms with van der Waals surface area (Å²) < 4.78 is 10.7. The molecule has 0 unspecified atom stereocenters. The van der Waals surface area contributed by atoms with Crippen molar-refractivity contribution in [1.82, 2.24) is 5.48 Å². The van der Waals surface area contributed by atoms with Crippen molar-refractivity contribution in [2.75, 3.05) is 14.2 Å². The molecule has 2 aromatic rings. The second-order valence-electron chi connectivity index (χ2n) is 4.90. The van der Waals surface area contributed by atoms with Crippen LogP contribution in [0, 0.1) is 0 Å². The van der Waals surface area contributed by atoms with Crippen LogP contribution in [0.5, 0.6) is 11.5 Å². The van der Waals surface area contributed by atoms with Gasteiger partial charge in [-0.15, -0.1) is 0 Å². The quantitative estimate of drug-likeness (QED) is 0.798. The van der Waals surface area contributed by atoms with Crippen LogP contribution in [0.3, 0.4) is 0 Å². The van der Waals surface area contributed by atoms with E-state index in [0.29, 0.717) is 12.2 Å². The van der Waals surface area contributed by atoms with Gasteiger partial charge in [0, 0.05) is 12.0 Å². The van der Waals surface area contributed by atoms with E-state index in [1.54, 1.807) is 14.2 Å². The predicted molar refractivity (Wildman–Crippen MR) is 84.9 cm³/mol. The maximum atomic E-state index is 11.5. The van der Waals surface area contributed by atoms with E-state index in [-0.39, 0.29) is 12.5 Å². The number of methoxy groups -OCH3 is 2.